The molecule has 0 amide bonds. The van der Waals surface area contributed by atoms with E-state index in [2.05, 4.69) is 20.3 Å². The van der Waals surface area contributed by atoms with Crippen LogP contribution in [0.1, 0.15) is 17.1 Å². The van der Waals surface area contributed by atoms with Gasteiger partial charge >= 0.3 is 5.69 Å². The van der Waals surface area contributed by atoms with Gasteiger partial charge in [-0.3, -0.25) is 10.1 Å². The Morgan fingerprint density at radius 3 is 2.68 bits per heavy atom. The van der Waals surface area contributed by atoms with Crippen molar-refractivity contribution in [3.63, 3.8) is 0 Å². The van der Waals surface area contributed by atoms with Gasteiger partial charge in [-0.2, -0.15) is 0 Å². The molecule has 2 rings (SSSR count). The molecule has 1 N–H and O–H groups in total. The molecule has 0 aliphatic rings. The predicted molar refractivity (Wildman–Crippen MR) is 69.7 cm³/mol. The van der Waals surface area contributed by atoms with Crippen LogP contribution in [0, 0.1) is 24.0 Å². The van der Waals surface area contributed by atoms with Gasteiger partial charge in [0.25, 0.3) is 0 Å². The van der Waals surface area contributed by atoms with Crippen LogP contribution < -0.4 is 5.32 Å². The van der Waals surface area contributed by atoms with Crippen LogP contribution in [0.3, 0.4) is 0 Å². The average molecular weight is 259 g/mol. The third-order valence-corrected chi connectivity index (χ3v) is 2.58. The van der Waals surface area contributed by atoms with Gasteiger partial charge in [0.15, 0.2) is 0 Å². The van der Waals surface area contributed by atoms with E-state index in [9.17, 15) is 10.1 Å². The first-order valence-corrected chi connectivity index (χ1v) is 5.70. The van der Waals surface area contributed by atoms with Gasteiger partial charge in [-0.05, 0) is 26.0 Å². The third kappa shape index (κ3) is 3.01. The molecular weight excluding hydrogens is 246 g/mol. The van der Waals surface area contributed by atoms with E-state index in [1.54, 1.807) is 32.2 Å². The quantitative estimate of drug-likeness (QED) is 0.666. The monoisotopic (exact) mass is 259 g/mol. The van der Waals surface area contributed by atoms with E-state index in [1.807, 2.05) is 0 Å². The number of hydrogen-bond acceptors (Lipinski definition) is 6. The molecule has 98 valence electrons. The first-order chi connectivity index (χ1) is 9.08. The second-order valence-corrected chi connectivity index (χ2v) is 4.03. The van der Waals surface area contributed by atoms with Crippen molar-refractivity contribution in [1.29, 1.82) is 0 Å². The number of aromatic nitrogens is 3. The smallest absolute Gasteiger partial charge is 0.314 e. The number of anilines is 1. The molecule has 0 aliphatic carbocycles. The van der Waals surface area contributed by atoms with Crippen molar-refractivity contribution < 1.29 is 4.92 Å². The highest BCUT2D eigenvalue weighted by Gasteiger charge is 2.18. The van der Waals surface area contributed by atoms with Crippen LogP contribution in [-0.4, -0.2) is 19.9 Å². The molecule has 7 nitrogen and oxygen atoms in total. The minimum Gasteiger partial charge on any atom is -0.359 e. The first kappa shape index (κ1) is 12.9. The number of nitrogens with zero attached hydrogens (tertiary/aromatic N) is 4. The Morgan fingerprint density at radius 2 is 2.00 bits per heavy atom. The summed E-state index contributed by atoms with van der Waals surface area (Å²) in [6.45, 7) is 3.83. The van der Waals surface area contributed by atoms with Crippen molar-refractivity contribution in [2.75, 3.05) is 5.32 Å². The number of rotatable bonds is 4. The molecule has 0 aromatic carbocycles. The summed E-state index contributed by atoms with van der Waals surface area (Å²) in [6, 6.07) is 3.36. The fraction of sp³-hybridized carbons (Fsp3) is 0.250. The number of nitrogens with one attached hydrogen (secondary N) is 1. The van der Waals surface area contributed by atoms with Gasteiger partial charge in [0.2, 0.25) is 5.82 Å². The van der Waals surface area contributed by atoms with E-state index >= 15 is 0 Å². The molecule has 0 saturated heterocycles. The van der Waals surface area contributed by atoms with E-state index in [-0.39, 0.29) is 11.5 Å². The van der Waals surface area contributed by atoms with Crippen LogP contribution in [0.5, 0.6) is 0 Å². The highest BCUT2D eigenvalue weighted by molar-refractivity contribution is 5.59. The number of aryl methyl sites for hydroxylation is 2. The molecule has 2 heterocycles. The lowest BCUT2D eigenvalue weighted by Crippen LogP contribution is -2.07. The largest absolute Gasteiger partial charge is 0.359 e. The molecule has 19 heavy (non-hydrogen) atoms. The lowest BCUT2D eigenvalue weighted by atomic mass is 10.2. The zero-order chi connectivity index (χ0) is 13.8. The minimum atomic E-state index is -0.435. The van der Waals surface area contributed by atoms with Crippen LogP contribution in [0.4, 0.5) is 11.5 Å². The van der Waals surface area contributed by atoms with Crippen molar-refractivity contribution >= 4 is 11.5 Å². The van der Waals surface area contributed by atoms with Gasteiger partial charge in [-0.15, -0.1) is 0 Å². The lowest BCUT2D eigenvalue weighted by molar-refractivity contribution is -0.384. The third-order valence-electron chi connectivity index (χ3n) is 2.58. The summed E-state index contributed by atoms with van der Waals surface area (Å²) in [4.78, 5) is 22.8. The molecule has 0 fully saturated rings. The Labute approximate surface area is 109 Å². The Balaban J connectivity index is 2.20. The summed E-state index contributed by atoms with van der Waals surface area (Å²) >= 11 is 0. The van der Waals surface area contributed by atoms with Crippen LogP contribution >= 0.6 is 0 Å². The maximum Gasteiger partial charge on any atom is 0.314 e. The van der Waals surface area contributed by atoms with Gasteiger partial charge in [0.1, 0.15) is 5.82 Å². The summed E-state index contributed by atoms with van der Waals surface area (Å²) in [5.74, 6) is 0.910. The van der Waals surface area contributed by atoms with E-state index in [0.29, 0.717) is 17.9 Å². The maximum atomic E-state index is 11.0. The van der Waals surface area contributed by atoms with Gasteiger partial charge in [0.05, 0.1) is 17.2 Å². The highest BCUT2D eigenvalue weighted by Crippen LogP contribution is 2.25. The number of nitro groups is 1. The summed E-state index contributed by atoms with van der Waals surface area (Å²) in [7, 11) is 0. The predicted octanol–water partition coefficient (Wildman–Crippen LogP) is 2.01. The summed E-state index contributed by atoms with van der Waals surface area (Å²) in [6.07, 6.45) is 3.19. The van der Waals surface area contributed by atoms with Gasteiger partial charge < -0.3 is 5.32 Å². The van der Waals surface area contributed by atoms with Crippen molar-refractivity contribution in [3.8, 4) is 0 Å². The summed E-state index contributed by atoms with van der Waals surface area (Å²) in [5.41, 5.74) is 1.32. The molecule has 0 unspecified atom stereocenters. The van der Waals surface area contributed by atoms with E-state index in [4.69, 9.17) is 0 Å². The summed E-state index contributed by atoms with van der Waals surface area (Å²) < 4.78 is 0. The van der Waals surface area contributed by atoms with Crippen LogP contribution in [0.15, 0.2) is 24.5 Å². The Hall–Kier alpha value is -2.57. The average Bonchev–Trinajstić information content (AvgIpc) is 2.36. The van der Waals surface area contributed by atoms with Crippen LogP contribution in [0.25, 0.3) is 0 Å². The topological polar surface area (TPSA) is 93.8 Å². The van der Waals surface area contributed by atoms with Crippen molar-refractivity contribution in [3.05, 3.63) is 51.7 Å². The van der Waals surface area contributed by atoms with Crippen molar-refractivity contribution in [2.45, 2.75) is 20.4 Å². The SMILES string of the molecule is Cc1nccc(CNc2nccc(C)c2[N+](=O)[O-])n1. The fourth-order valence-corrected chi connectivity index (χ4v) is 1.69. The molecule has 0 spiro atoms. The Morgan fingerprint density at radius 1 is 1.26 bits per heavy atom. The molecule has 0 saturated carbocycles. The molecule has 0 atom stereocenters. The fourth-order valence-electron chi connectivity index (χ4n) is 1.69. The summed E-state index contributed by atoms with van der Waals surface area (Å²) in [5, 5.41) is 13.9. The standard InChI is InChI=1S/C12H13N5O2/c1-8-3-5-14-12(11(8)17(18)19)15-7-10-4-6-13-9(2)16-10/h3-6H,7H2,1-2H3,(H,14,15). The van der Waals surface area contributed by atoms with E-state index in [1.165, 1.54) is 6.20 Å². The highest BCUT2D eigenvalue weighted by atomic mass is 16.6. The molecule has 2 aromatic rings. The zero-order valence-electron chi connectivity index (χ0n) is 10.6. The van der Waals surface area contributed by atoms with Crippen LogP contribution in [-0.2, 0) is 6.54 Å². The molecule has 0 radical (unpaired) electrons. The molecule has 7 heteroatoms. The lowest BCUT2D eigenvalue weighted by Gasteiger charge is -2.07. The Kier molecular flexibility index (Phi) is 3.65. The minimum absolute atomic E-state index is 0.00622. The molecule has 0 aliphatic heterocycles. The zero-order valence-corrected chi connectivity index (χ0v) is 10.6. The molecular formula is C12H13N5O2. The van der Waals surface area contributed by atoms with E-state index < -0.39 is 4.92 Å². The normalized spacial score (nSPS) is 10.2. The number of hydrogen-bond donors (Lipinski definition) is 1. The van der Waals surface area contributed by atoms with Crippen molar-refractivity contribution in [1.82, 2.24) is 15.0 Å². The van der Waals surface area contributed by atoms with Gasteiger partial charge in [-0.1, -0.05) is 0 Å². The number of pyridine rings is 1. The van der Waals surface area contributed by atoms with Gasteiger partial charge in [-0.25, -0.2) is 15.0 Å². The first-order valence-electron chi connectivity index (χ1n) is 5.70. The van der Waals surface area contributed by atoms with Crippen molar-refractivity contribution in [2.24, 2.45) is 0 Å². The molecule has 0 bridgehead atoms. The second kappa shape index (κ2) is 5.38. The Bertz CT molecular complexity index is 615. The van der Waals surface area contributed by atoms with Crippen LogP contribution in [0.2, 0.25) is 0 Å². The molecule has 2 aromatic heterocycles. The van der Waals surface area contributed by atoms with E-state index in [0.717, 1.165) is 5.69 Å². The van der Waals surface area contributed by atoms with Gasteiger partial charge in [0, 0.05) is 18.0 Å². The maximum absolute atomic E-state index is 11.0. The second-order valence-electron chi connectivity index (χ2n) is 4.03.